The van der Waals surface area contributed by atoms with Crippen LogP contribution in [-0.4, -0.2) is 15.6 Å². The number of fused-ring (bicyclic) bond motifs is 3. The normalized spacial score (nSPS) is 14.0. The third kappa shape index (κ3) is 1.36. The van der Waals surface area contributed by atoms with E-state index in [1.54, 1.807) is 6.07 Å². The van der Waals surface area contributed by atoms with Gasteiger partial charge < -0.3 is 4.57 Å². The first-order valence-corrected chi connectivity index (χ1v) is 5.52. The smallest absolute Gasteiger partial charge is 0.151 e. The molecule has 0 saturated carbocycles. The van der Waals surface area contributed by atoms with Crippen molar-refractivity contribution in [2.75, 3.05) is 0 Å². The number of rotatable bonds is 1. The largest absolute Gasteiger partial charge is 0.344 e. The van der Waals surface area contributed by atoms with Gasteiger partial charge in [0.25, 0.3) is 0 Å². The highest BCUT2D eigenvalue weighted by Crippen LogP contribution is 2.31. The van der Waals surface area contributed by atoms with E-state index in [2.05, 4.69) is 4.57 Å². The first-order chi connectivity index (χ1) is 8.22. The SMILES string of the molecule is N=C(NO)c1c2n(c3ccc(F)cc13)CCC2. The van der Waals surface area contributed by atoms with Crippen molar-refractivity contribution < 1.29 is 9.60 Å². The minimum absolute atomic E-state index is 0.0729. The van der Waals surface area contributed by atoms with Crippen LogP contribution < -0.4 is 5.48 Å². The number of aryl methyl sites for hydroxylation is 1. The molecule has 88 valence electrons. The molecule has 0 radical (unpaired) electrons. The van der Waals surface area contributed by atoms with E-state index in [-0.39, 0.29) is 11.7 Å². The number of nitrogens with one attached hydrogen (secondary N) is 2. The molecule has 1 aromatic heterocycles. The number of hydrogen-bond donors (Lipinski definition) is 3. The molecule has 0 amide bonds. The molecule has 3 N–H and O–H groups in total. The minimum atomic E-state index is -0.325. The topological polar surface area (TPSA) is 61.0 Å². The summed E-state index contributed by atoms with van der Waals surface area (Å²) in [6, 6.07) is 4.57. The minimum Gasteiger partial charge on any atom is -0.344 e. The van der Waals surface area contributed by atoms with Crippen molar-refractivity contribution in [3.05, 3.63) is 35.3 Å². The number of benzene rings is 1. The molecule has 17 heavy (non-hydrogen) atoms. The van der Waals surface area contributed by atoms with Gasteiger partial charge in [-0.3, -0.25) is 16.1 Å². The third-order valence-electron chi connectivity index (χ3n) is 3.29. The van der Waals surface area contributed by atoms with Gasteiger partial charge in [-0.2, -0.15) is 0 Å². The number of nitrogens with zero attached hydrogens (tertiary/aromatic N) is 1. The van der Waals surface area contributed by atoms with Gasteiger partial charge in [0.2, 0.25) is 0 Å². The van der Waals surface area contributed by atoms with Crippen molar-refractivity contribution >= 4 is 16.7 Å². The lowest BCUT2D eigenvalue weighted by Gasteiger charge is -2.02. The number of halogens is 1. The Balaban J connectivity index is 2.38. The Kier molecular flexibility index (Phi) is 2.16. The van der Waals surface area contributed by atoms with Crippen LogP contribution in [0, 0.1) is 11.2 Å². The molecule has 4 nitrogen and oxygen atoms in total. The fourth-order valence-corrected chi connectivity index (χ4v) is 2.63. The van der Waals surface area contributed by atoms with E-state index >= 15 is 0 Å². The highest BCUT2D eigenvalue weighted by Gasteiger charge is 2.23. The van der Waals surface area contributed by atoms with Crippen molar-refractivity contribution in [1.82, 2.24) is 10.0 Å². The van der Waals surface area contributed by atoms with Gasteiger partial charge in [0.05, 0.1) is 0 Å². The Morgan fingerprint density at radius 3 is 3.06 bits per heavy atom. The lowest BCUT2D eigenvalue weighted by Crippen LogP contribution is -2.19. The van der Waals surface area contributed by atoms with Crippen LogP contribution in [0.15, 0.2) is 18.2 Å². The lowest BCUT2D eigenvalue weighted by molar-refractivity contribution is 0.234. The average Bonchev–Trinajstić information content (AvgIpc) is 2.87. The van der Waals surface area contributed by atoms with E-state index in [0.717, 1.165) is 30.6 Å². The summed E-state index contributed by atoms with van der Waals surface area (Å²) in [4.78, 5) is 0. The summed E-state index contributed by atoms with van der Waals surface area (Å²) >= 11 is 0. The van der Waals surface area contributed by atoms with Gasteiger partial charge in [-0.15, -0.1) is 0 Å². The summed E-state index contributed by atoms with van der Waals surface area (Å²) in [5.74, 6) is -0.398. The standard InChI is InChI=1S/C12H12FN3O/c13-7-3-4-9-8(6-7)11(12(14)15-17)10-2-1-5-16(9)10/h3-4,6,17H,1-2,5H2,(H2,14,15). The van der Waals surface area contributed by atoms with Gasteiger partial charge in [0.15, 0.2) is 5.84 Å². The highest BCUT2D eigenvalue weighted by atomic mass is 19.1. The average molecular weight is 233 g/mol. The van der Waals surface area contributed by atoms with E-state index in [4.69, 9.17) is 10.6 Å². The van der Waals surface area contributed by atoms with Crippen LogP contribution in [0.4, 0.5) is 4.39 Å². The second-order valence-electron chi connectivity index (χ2n) is 4.23. The van der Waals surface area contributed by atoms with E-state index < -0.39 is 0 Å². The summed E-state index contributed by atoms with van der Waals surface area (Å²) in [5.41, 5.74) is 4.39. The van der Waals surface area contributed by atoms with Gasteiger partial charge in [-0.05, 0) is 31.0 Å². The van der Waals surface area contributed by atoms with E-state index in [1.165, 1.54) is 12.1 Å². The third-order valence-corrected chi connectivity index (χ3v) is 3.29. The van der Waals surface area contributed by atoms with Crippen molar-refractivity contribution in [1.29, 1.82) is 5.41 Å². The number of aromatic nitrogens is 1. The van der Waals surface area contributed by atoms with Gasteiger partial charge >= 0.3 is 0 Å². The van der Waals surface area contributed by atoms with Crippen molar-refractivity contribution in [3.63, 3.8) is 0 Å². The van der Waals surface area contributed by atoms with Crippen LogP contribution in [0.1, 0.15) is 17.7 Å². The first-order valence-electron chi connectivity index (χ1n) is 5.52. The molecular weight excluding hydrogens is 221 g/mol. The van der Waals surface area contributed by atoms with Crippen molar-refractivity contribution in [3.8, 4) is 0 Å². The van der Waals surface area contributed by atoms with Crippen LogP contribution in [0.2, 0.25) is 0 Å². The Morgan fingerprint density at radius 2 is 2.29 bits per heavy atom. The fourth-order valence-electron chi connectivity index (χ4n) is 2.63. The molecule has 5 heteroatoms. The fraction of sp³-hybridized carbons (Fsp3) is 0.250. The highest BCUT2D eigenvalue weighted by molar-refractivity contribution is 6.09. The number of hydrogen-bond acceptors (Lipinski definition) is 2. The van der Waals surface area contributed by atoms with Crippen molar-refractivity contribution in [2.45, 2.75) is 19.4 Å². The van der Waals surface area contributed by atoms with E-state index in [1.807, 2.05) is 5.48 Å². The number of amidine groups is 1. The molecule has 0 saturated heterocycles. The molecule has 2 heterocycles. The maximum atomic E-state index is 13.3. The molecule has 1 aliphatic heterocycles. The van der Waals surface area contributed by atoms with Gasteiger partial charge in [-0.25, -0.2) is 4.39 Å². The molecule has 0 spiro atoms. The summed E-state index contributed by atoms with van der Waals surface area (Å²) < 4.78 is 15.4. The molecule has 3 rings (SSSR count). The first kappa shape index (κ1) is 10.3. The van der Waals surface area contributed by atoms with Crippen LogP contribution in [0.3, 0.4) is 0 Å². The van der Waals surface area contributed by atoms with Gasteiger partial charge in [0, 0.05) is 28.7 Å². The Labute approximate surface area is 97.1 Å². The molecular formula is C12H12FN3O. The number of hydroxylamine groups is 1. The zero-order valence-electron chi connectivity index (χ0n) is 9.13. The second-order valence-corrected chi connectivity index (χ2v) is 4.23. The molecule has 1 aliphatic rings. The zero-order valence-corrected chi connectivity index (χ0v) is 9.13. The maximum Gasteiger partial charge on any atom is 0.151 e. The molecule has 0 fully saturated rings. The molecule has 0 unspecified atom stereocenters. The second kappa shape index (κ2) is 3.56. The van der Waals surface area contributed by atoms with E-state index in [9.17, 15) is 4.39 Å². The summed E-state index contributed by atoms with van der Waals surface area (Å²) in [7, 11) is 0. The van der Waals surface area contributed by atoms with Crippen LogP contribution in [-0.2, 0) is 13.0 Å². The Morgan fingerprint density at radius 1 is 1.47 bits per heavy atom. The Hall–Kier alpha value is -1.88. The van der Waals surface area contributed by atoms with Crippen LogP contribution >= 0.6 is 0 Å². The van der Waals surface area contributed by atoms with Crippen LogP contribution in [0.25, 0.3) is 10.9 Å². The van der Waals surface area contributed by atoms with E-state index in [0.29, 0.717) is 10.9 Å². The quantitative estimate of drug-likeness (QED) is 0.401. The van der Waals surface area contributed by atoms with Gasteiger partial charge in [-0.1, -0.05) is 0 Å². The zero-order chi connectivity index (χ0) is 12.0. The molecule has 1 aromatic carbocycles. The molecule has 0 atom stereocenters. The van der Waals surface area contributed by atoms with Gasteiger partial charge in [0.1, 0.15) is 5.82 Å². The maximum absolute atomic E-state index is 13.3. The summed E-state index contributed by atoms with van der Waals surface area (Å²) in [6.45, 7) is 0.885. The van der Waals surface area contributed by atoms with Crippen LogP contribution in [0.5, 0.6) is 0 Å². The summed E-state index contributed by atoms with van der Waals surface area (Å²) in [5, 5.41) is 17.3. The predicted molar refractivity (Wildman–Crippen MR) is 62.0 cm³/mol. The monoisotopic (exact) mass is 233 g/mol. The molecule has 0 bridgehead atoms. The summed E-state index contributed by atoms with van der Waals surface area (Å²) in [6.07, 6.45) is 1.88. The molecule has 2 aromatic rings. The lowest BCUT2D eigenvalue weighted by atomic mass is 10.1. The predicted octanol–water partition coefficient (Wildman–Crippen LogP) is 2.03. The Bertz CT molecular complexity index is 618. The van der Waals surface area contributed by atoms with Crippen molar-refractivity contribution in [2.24, 2.45) is 0 Å². The molecule has 0 aliphatic carbocycles.